The van der Waals surface area contributed by atoms with Gasteiger partial charge in [0.25, 0.3) is 0 Å². The van der Waals surface area contributed by atoms with E-state index in [2.05, 4.69) is 10.3 Å². The first-order valence-corrected chi connectivity index (χ1v) is 8.13. The van der Waals surface area contributed by atoms with Crippen LogP contribution in [0.3, 0.4) is 0 Å². The lowest BCUT2D eigenvalue weighted by Gasteiger charge is -2.15. The molecule has 1 N–H and O–H groups in total. The van der Waals surface area contributed by atoms with Crippen LogP contribution >= 0.6 is 24.0 Å². The number of aromatic nitrogens is 1. The van der Waals surface area contributed by atoms with Crippen molar-refractivity contribution in [1.82, 2.24) is 4.98 Å². The fourth-order valence-electron chi connectivity index (χ4n) is 2.62. The van der Waals surface area contributed by atoms with E-state index < -0.39 is 0 Å². The molecule has 0 fully saturated rings. The molecule has 0 saturated carbocycles. The Morgan fingerprint density at radius 2 is 1.88 bits per heavy atom. The van der Waals surface area contributed by atoms with E-state index in [0.29, 0.717) is 11.6 Å². The molecule has 0 atom stereocenters. The van der Waals surface area contributed by atoms with Gasteiger partial charge in [-0.25, -0.2) is 0 Å². The van der Waals surface area contributed by atoms with Crippen LogP contribution in [-0.2, 0) is 0 Å². The molecule has 0 aliphatic carbocycles. The van der Waals surface area contributed by atoms with Crippen LogP contribution in [0, 0.1) is 6.92 Å². The maximum atomic E-state index is 6.13. The summed E-state index contributed by atoms with van der Waals surface area (Å²) in [5.41, 5.74) is 3.57. The number of halogens is 2. The number of rotatable bonds is 5. The highest BCUT2D eigenvalue weighted by Gasteiger charge is 2.10. The highest BCUT2D eigenvalue weighted by molar-refractivity contribution is 6.31. The summed E-state index contributed by atoms with van der Waals surface area (Å²) in [5, 5.41) is 5.03. The molecule has 0 bridgehead atoms. The third kappa shape index (κ3) is 4.27. The van der Waals surface area contributed by atoms with Crippen molar-refractivity contribution in [3.63, 3.8) is 0 Å². The summed E-state index contributed by atoms with van der Waals surface area (Å²) in [4.78, 5) is 4.59. The van der Waals surface area contributed by atoms with E-state index in [-0.39, 0.29) is 12.4 Å². The smallest absolute Gasteiger partial charge is 0.142 e. The Labute approximate surface area is 158 Å². The van der Waals surface area contributed by atoms with Gasteiger partial charge in [0.2, 0.25) is 0 Å². The summed E-state index contributed by atoms with van der Waals surface area (Å²) >= 11 is 6.13. The molecule has 0 amide bonds. The number of methoxy groups -OCH3 is 1. The number of anilines is 2. The zero-order chi connectivity index (χ0) is 17.1. The summed E-state index contributed by atoms with van der Waals surface area (Å²) in [6.45, 7) is 4.56. The standard InChI is InChI=1S/C19H19ClN2O2.ClH/c1-4-24-14-6-7-16-15(11-14)17(9-12(2)21-16)22-18-10-13(20)5-8-19(18)23-3;/h5-11H,4H2,1-3H3,(H,21,22);1H. The zero-order valence-electron chi connectivity index (χ0n) is 14.3. The van der Waals surface area contributed by atoms with Gasteiger partial charge in [0, 0.05) is 21.8 Å². The van der Waals surface area contributed by atoms with Crippen LogP contribution in [0.25, 0.3) is 10.9 Å². The minimum absolute atomic E-state index is 0. The Morgan fingerprint density at radius 1 is 1.08 bits per heavy atom. The minimum Gasteiger partial charge on any atom is -0.495 e. The second kappa shape index (κ2) is 8.28. The molecule has 0 aliphatic heterocycles. The van der Waals surface area contributed by atoms with Gasteiger partial charge in [-0.15, -0.1) is 12.4 Å². The van der Waals surface area contributed by atoms with Gasteiger partial charge < -0.3 is 14.8 Å². The quantitative estimate of drug-likeness (QED) is 0.611. The number of hydrogen-bond donors (Lipinski definition) is 1. The average molecular weight is 379 g/mol. The summed E-state index contributed by atoms with van der Waals surface area (Å²) in [6, 6.07) is 13.4. The van der Waals surface area contributed by atoms with Crippen LogP contribution in [0.4, 0.5) is 11.4 Å². The first-order chi connectivity index (χ1) is 11.6. The topological polar surface area (TPSA) is 43.4 Å². The molecular weight excluding hydrogens is 359 g/mol. The summed E-state index contributed by atoms with van der Waals surface area (Å²) in [7, 11) is 1.64. The Kier molecular flexibility index (Phi) is 6.34. The van der Waals surface area contributed by atoms with Crippen molar-refractivity contribution in [3.8, 4) is 11.5 Å². The van der Waals surface area contributed by atoms with Gasteiger partial charge in [-0.3, -0.25) is 4.98 Å². The van der Waals surface area contributed by atoms with Crippen molar-refractivity contribution < 1.29 is 9.47 Å². The van der Waals surface area contributed by atoms with E-state index in [0.717, 1.165) is 39.5 Å². The monoisotopic (exact) mass is 378 g/mol. The average Bonchev–Trinajstić information content (AvgIpc) is 2.56. The molecule has 0 spiro atoms. The number of benzene rings is 2. The van der Waals surface area contributed by atoms with Crippen LogP contribution < -0.4 is 14.8 Å². The fraction of sp³-hybridized carbons (Fsp3) is 0.211. The van der Waals surface area contributed by atoms with Crippen LogP contribution in [0.5, 0.6) is 11.5 Å². The van der Waals surface area contributed by atoms with Gasteiger partial charge in [0.15, 0.2) is 0 Å². The van der Waals surface area contributed by atoms with Gasteiger partial charge in [-0.1, -0.05) is 11.6 Å². The zero-order valence-corrected chi connectivity index (χ0v) is 15.9. The van der Waals surface area contributed by atoms with Crippen molar-refractivity contribution >= 4 is 46.3 Å². The maximum Gasteiger partial charge on any atom is 0.142 e. The largest absolute Gasteiger partial charge is 0.495 e. The van der Waals surface area contributed by atoms with Gasteiger partial charge in [-0.05, 0) is 56.3 Å². The lowest BCUT2D eigenvalue weighted by molar-refractivity contribution is 0.340. The van der Waals surface area contributed by atoms with Gasteiger partial charge in [0.05, 0.1) is 24.9 Å². The molecule has 25 heavy (non-hydrogen) atoms. The van der Waals surface area contributed by atoms with Crippen molar-refractivity contribution in [1.29, 1.82) is 0 Å². The molecule has 6 heteroatoms. The van der Waals surface area contributed by atoms with E-state index in [1.54, 1.807) is 13.2 Å². The highest BCUT2D eigenvalue weighted by Crippen LogP contribution is 2.34. The van der Waals surface area contributed by atoms with Crippen molar-refractivity contribution in [2.45, 2.75) is 13.8 Å². The first-order valence-electron chi connectivity index (χ1n) is 7.75. The molecule has 0 aliphatic rings. The lowest BCUT2D eigenvalue weighted by atomic mass is 10.1. The van der Waals surface area contributed by atoms with Crippen molar-refractivity contribution in [2.75, 3.05) is 19.0 Å². The van der Waals surface area contributed by atoms with Crippen LogP contribution in [0.1, 0.15) is 12.6 Å². The van der Waals surface area contributed by atoms with Crippen LogP contribution in [0.15, 0.2) is 42.5 Å². The molecule has 0 radical (unpaired) electrons. The molecule has 4 nitrogen and oxygen atoms in total. The SMILES string of the molecule is CCOc1ccc2nc(C)cc(Nc3cc(Cl)ccc3OC)c2c1.Cl. The molecule has 1 heterocycles. The third-order valence-corrected chi connectivity index (χ3v) is 3.89. The van der Waals surface area contributed by atoms with Crippen LogP contribution in [0.2, 0.25) is 5.02 Å². The van der Waals surface area contributed by atoms with E-state index in [1.165, 1.54) is 0 Å². The van der Waals surface area contributed by atoms with Gasteiger partial charge in [-0.2, -0.15) is 0 Å². The van der Waals surface area contributed by atoms with Crippen molar-refractivity contribution in [2.24, 2.45) is 0 Å². The van der Waals surface area contributed by atoms with Gasteiger partial charge in [0.1, 0.15) is 11.5 Å². The van der Waals surface area contributed by atoms with Crippen molar-refractivity contribution in [3.05, 3.63) is 53.2 Å². The summed E-state index contributed by atoms with van der Waals surface area (Å²) < 4.78 is 11.0. The molecular formula is C19H20Cl2N2O2. The summed E-state index contributed by atoms with van der Waals surface area (Å²) in [5.74, 6) is 1.54. The van der Waals surface area contributed by atoms with Gasteiger partial charge >= 0.3 is 0 Å². The second-order valence-electron chi connectivity index (χ2n) is 5.39. The van der Waals surface area contributed by atoms with E-state index in [4.69, 9.17) is 21.1 Å². The van der Waals surface area contributed by atoms with E-state index in [1.807, 2.05) is 50.2 Å². The molecule has 3 rings (SSSR count). The number of nitrogens with zero attached hydrogens (tertiary/aromatic N) is 1. The number of pyridine rings is 1. The predicted molar refractivity (Wildman–Crippen MR) is 106 cm³/mol. The molecule has 3 aromatic rings. The predicted octanol–water partition coefficient (Wildman–Crippen LogP) is 5.77. The Hall–Kier alpha value is -2.17. The number of ether oxygens (including phenoxy) is 2. The minimum atomic E-state index is 0. The number of fused-ring (bicyclic) bond motifs is 1. The highest BCUT2D eigenvalue weighted by atomic mass is 35.5. The number of nitrogens with one attached hydrogen (secondary N) is 1. The second-order valence-corrected chi connectivity index (χ2v) is 5.83. The van der Waals surface area contributed by atoms with E-state index >= 15 is 0 Å². The lowest BCUT2D eigenvalue weighted by Crippen LogP contribution is -1.98. The Morgan fingerprint density at radius 3 is 2.60 bits per heavy atom. The molecule has 0 unspecified atom stereocenters. The van der Waals surface area contributed by atoms with Crippen LogP contribution in [-0.4, -0.2) is 18.7 Å². The molecule has 1 aromatic heterocycles. The van der Waals surface area contributed by atoms with E-state index in [9.17, 15) is 0 Å². The number of hydrogen-bond acceptors (Lipinski definition) is 4. The first kappa shape index (κ1) is 19.2. The molecule has 0 saturated heterocycles. The summed E-state index contributed by atoms with van der Waals surface area (Å²) in [6.07, 6.45) is 0. The number of aryl methyl sites for hydroxylation is 1. The third-order valence-electron chi connectivity index (χ3n) is 3.65. The normalized spacial score (nSPS) is 10.2. The Bertz CT molecular complexity index is 885. The molecule has 132 valence electrons. The maximum absolute atomic E-state index is 6.13. The molecule has 2 aromatic carbocycles. The Balaban J connectivity index is 0.00000225. The fourth-order valence-corrected chi connectivity index (χ4v) is 2.79.